The Bertz CT molecular complexity index is 970. The van der Waals surface area contributed by atoms with Crippen molar-refractivity contribution in [3.8, 4) is 0 Å². The highest BCUT2D eigenvalue weighted by Gasteiger charge is 2.16. The second kappa shape index (κ2) is 8.45. The molecular weight excluding hydrogens is 436 g/mol. The van der Waals surface area contributed by atoms with Crippen LogP contribution in [0.3, 0.4) is 0 Å². The van der Waals surface area contributed by atoms with Crippen molar-refractivity contribution in [3.63, 3.8) is 0 Å². The first kappa shape index (κ1) is 20.5. The summed E-state index contributed by atoms with van der Waals surface area (Å²) in [5, 5.41) is 13.0. The number of hydrogen-bond donors (Lipinski definition) is 1. The van der Waals surface area contributed by atoms with Gasteiger partial charge < -0.3 is 10.2 Å². The highest BCUT2D eigenvalue weighted by atomic mass is 79.9. The second-order valence-corrected chi connectivity index (χ2v) is 8.28. The van der Waals surface area contributed by atoms with Crippen molar-refractivity contribution >= 4 is 38.9 Å². The van der Waals surface area contributed by atoms with Crippen LogP contribution in [0.2, 0.25) is 0 Å². The number of rotatable bonds is 5. The van der Waals surface area contributed by atoms with Crippen LogP contribution in [0, 0.1) is 20.8 Å². The number of nitrogens with zero attached hydrogens (tertiary/aromatic N) is 5. The third kappa shape index (κ3) is 4.44. The normalized spacial score (nSPS) is 10.9. The molecule has 0 radical (unpaired) electrons. The first-order chi connectivity index (χ1) is 13.3. The van der Waals surface area contributed by atoms with Crippen LogP contribution in [0.5, 0.6) is 0 Å². The summed E-state index contributed by atoms with van der Waals surface area (Å²) < 4.78 is 4.84. The molecule has 0 saturated carbocycles. The molecular formula is C20H25BrN6S. The predicted molar refractivity (Wildman–Crippen MR) is 121 cm³/mol. The van der Waals surface area contributed by atoms with Gasteiger partial charge in [-0.3, -0.25) is 9.36 Å². The van der Waals surface area contributed by atoms with E-state index < -0.39 is 0 Å². The summed E-state index contributed by atoms with van der Waals surface area (Å²) in [5.74, 6) is 0. The van der Waals surface area contributed by atoms with E-state index in [-0.39, 0.29) is 0 Å². The Kier molecular flexibility index (Phi) is 6.20. The standard InChI is InChI=1S/C20H25BrN6S/c1-13-6-8-16(9-7-13)11-27-15(3)19(14(2)24-27)23-20(28)25(4)12-18-17(21)10-22-26(18)5/h6-10H,11-12H2,1-5H3,(H,23,28). The maximum Gasteiger partial charge on any atom is 0.173 e. The Morgan fingerprint density at radius 1 is 1.21 bits per heavy atom. The first-order valence-corrected chi connectivity index (χ1v) is 10.2. The van der Waals surface area contributed by atoms with Gasteiger partial charge in [-0.2, -0.15) is 10.2 Å². The van der Waals surface area contributed by atoms with Crippen LogP contribution in [0.15, 0.2) is 34.9 Å². The molecule has 0 aliphatic carbocycles. The molecule has 0 spiro atoms. The van der Waals surface area contributed by atoms with Crippen LogP contribution in [0.4, 0.5) is 5.69 Å². The van der Waals surface area contributed by atoms with Gasteiger partial charge in [-0.15, -0.1) is 0 Å². The van der Waals surface area contributed by atoms with Crippen molar-refractivity contribution in [2.75, 3.05) is 12.4 Å². The van der Waals surface area contributed by atoms with E-state index in [2.05, 4.69) is 64.5 Å². The SMILES string of the molecule is Cc1ccc(Cn2nc(C)c(NC(=S)N(C)Cc3c(Br)cnn3C)c2C)cc1. The quantitative estimate of drug-likeness (QED) is 0.578. The Hall–Kier alpha value is -2.19. The van der Waals surface area contributed by atoms with Crippen molar-refractivity contribution in [1.82, 2.24) is 24.5 Å². The Morgan fingerprint density at radius 2 is 1.89 bits per heavy atom. The van der Waals surface area contributed by atoms with Gasteiger partial charge in [-0.1, -0.05) is 29.8 Å². The summed E-state index contributed by atoms with van der Waals surface area (Å²) in [6.45, 7) is 7.55. The molecule has 0 aliphatic rings. The molecule has 0 bridgehead atoms. The molecule has 0 fully saturated rings. The zero-order chi connectivity index (χ0) is 20.4. The summed E-state index contributed by atoms with van der Waals surface area (Å²) in [4.78, 5) is 1.99. The first-order valence-electron chi connectivity index (χ1n) is 9.04. The molecule has 0 saturated heterocycles. The average molecular weight is 461 g/mol. The van der Waals surface area contributed by atoms with Gasteiger partial charge in [0.2, 0.25) is 0 Å². The van der Waals surface area contributed by atoms with E-state index in [0.717, 1.165) is 33.8 Å². The lowest BCUT2D eigenvalue weighted by Crippen LogP contribution is -2.31. The number of anilines is 1. The van der Waals surface area contributed by atoms with E-state index >= 15 is 0 Å². The third-order valence-corrected chi connectivity index (χ3v) is 5.89. The Labute approximate surface area is 179 Å². The number of nitrogens with one attached hydrogen (secondary N) is 1. The number of hydrogen-bond acceptors (Lipinski definition) is 3. The molecule has 3 rings (SSSR count). The van der Waals surface area contributed by atoms with E-state index in [0.29, 0.717) is 11.7 Å². The summed E-state index contributed by atoms with van der Waals surface area (Å²) >= 11 is 9.16. The van der Waals surface area contributed by atoms with Gasteiger partial charge in [-0.25, -0.2) is 0 Å². The van der Waals surface area contributed by atoms with Gasteiger partial charge >= 0.3 is 0 Å². The Morgan fingerprint density at radius 3 is 2.50 bits per heavy atom. The van der Waals surface area contributed by atoms with Crippen LogP contribution < -0.4 is 5.32 Å². The molecule has 1 aromatic carbocycles. The number of aryl methyl sites for hydroxylation is 3. The molecule has 0 atom stereocenters. The van der Waals surface area contributed by atoms with E-state index in [9.17, 15) is 0 Å². The average Bonchev–Trinajstić information content (AvgIpc) is 3.11. The summed E-state index contributed by atoms with van der Waals surface area (Å²) in [5.41, 5.74) is 6.51. The zero-order valence-corrected chi connectivity index (χ0v) is 19.2. The van der Waals surface area contributed by atoms with Crippen LogP contribution in [0.25, 0.3) is 0 Å². The molecule has 148 valence electrons. The monoisotopic (exact) mass is 460 g/mol. The van der Waals surface area contributed by atoms with Gasteiger partial charge in [0.25, 0.3) is 0 Å². The molecule has 3 aromatic rings. The van der Waals surface area contributed by atoms with E-state index in [1.807, 2.05) is 35.3 Å². The molecule has 0 unspecified atom stereocenters. The lowest BCUT2D eigenvalue weighted by Gasteiger charge is -2.21. The van der Waals surface area contributed by atoms with Crippen LogP contribution in [-0.2, 0) is 20.1 Å². The molecule has 0 aliphatic heterocycles. The molecule has 6 nitrogen and oxygen atoms in total. The zero-order valence-electron chi connectivity index (χ0n) is 16.8. The Balaban J connectivity index is 1.72. The van der Waals surface area contributed by atoms with Gasteiger partial charge in [0.15, 0.2) is 5.11 Å². The van der Waals surface area contributed by atoms with E-state index in [4.69, 9.17) is 17.3 Å². The van der Waals surface area contributed by atoms with Crippen LogP contribution in [0.1, 0.15) is 28.2 Å². The minimum Gasteiger partial charge on any atom is -0.346 e. The number of benzene rings is 1. The van der Waals surface area contributed by atoms with E-state index in [1.54, 1.807) is 6.20 Å². The summed E-state index contributed by atoms with van der Waals surface area (Å²) in [6, 6.07) is 8.54. The predicted octanol–water partition coefficient (Wildman–Crippen LogP) is 4.18. The number of aromatic nitrogens is 4. The molecule has 28 heavy (non-hydrogen) atoms. The minimum absolute atomic E-state index is 0.647. The van der Waals surface area contributed by atoms with Gasteiger partial charge in [0.1, 0.15) is 0 Å². The van der Waals surface area contributed by atoms with Crippen LogP contribution in [-0.4, -0.2) is 36.6 Å². The maximum atomic E-state index is 5.62. The van der Waals surface area contributed by atoms with Gasteiger partial charge in [-0.05, 0) is 54.5 Å². The van der Waals surface area contributed by atoms with Gasteiger partial charge in [0, 0.05) is 14.1 Å². The maximum absolute atomic E-state index is 5.62. The molecule has 2 heterocycles. The molecule has 8 heteroatoms. The summed E-state index contributed by atoms with van der Waals surface area (Å²) in [7, 11) is 3.89. The summed E-state index contributed by atoms with van der Waals surface area (Å²) in [6.07, 6.45) is 1.79. The van der Waals surface area contributed by atoms with Crippen molar-refractivity contribution in [3.05, 3.63) is 63.1 Å². The van der Waals surface area contributed by atoms with Crippen molar-refractivity contribution in [2.24, 2.45) is 7.05 Å². The highest BCUT2D eigenvalue weighted by Crippen LogP contribution is 2.22. The number of thiocarbonyl (C=S) groups is 1. The second-order valence-electron chi connectivity index (χ2n) is 7.04. The topological polar surface area (TPSA) is 50.9 Å². The fraction of sp³-hybridized carbons (Fsp3) is 0.350. The lowest BCUT2D eigenvalue weighted by atomic mass is 10.1. The molecule has 2 aromatic heterocycles. The fourth-order valence-corrected chi connectivity index (χ4v) is 3.65. The van der Waals surface area contributed by atoms with Crippen molar-refractivity contribution in [1.29, 1.82) is 0 Å². The van der Waals surface area contributed by atoms with Crippen LogP contribution >= 0.6 is 28.1 Å². The highest BCUT2D eigenvalue weighted by molar-refractivity contribution is 9.10. The molecule has 0 amide bonds. The van der Waals surface area contributed by atoms with Crippen molar-refractivity contribution < 1.29 is 0 Å². The largest absolute Gasteiger partial charge is 0.346 e. The van der Waals surface area contributed by atoms with Gasteiger partial charge in [0.05, 0.1) is 46.5 Å². The smallest absolute Gasteiger partial charge is 0.173 e. The minimum atomic E-state index is 0.647. The fourth-order valence-electron chi connectivity index (χ4n) is 3.01. The third-order valence-electron chi connectivity index (χ3n) is 4.81. The van der Waals surface area contributed by atoms with Crippen molar-refractivity contribution in [2.45, 2.75) is 33.9 Å². The molecule has 1 N–H and O–H groups in total. The number of halogens is 1. The van der Waals surface area contributed by atoms with E-state index in [1.165, 1.54) is 11.1 Å². The lowest BCUT2D eigenvalue weighted by molar-refractivity contribution is 0.481.